The number of Topliss-reactive ketones (excluding diaryl/α,β-unsaturated/α-hetero) is 1. The lowest BCUT2D eigenvalue weighted by Crippen LogP contribution is -2.20. The molecule has 0 saturated carbocycles. The normalized spacial score (nSPS) is 12.6. The zero-order valence-electron chi connectivity index (χ0n) is 9.18. The van der Waals surface area contributed by atoms with Crippen LogP contribution in [0.15, 0.2) is 36.5 Å². The summed E-state index contributed by atoms with van der Waals surface area (Å²) in [6.45, 7) is 2.22. The largest absolute Gasteiger partial charge is 0.330 e. The van der Waals surface area contributed by atoms with Gasteiger partial charge in [0.2, 0.25) is 0 Å². The number of fused-ring (bicyclic) bond motifs is 1. The van der Waals surface area contributed by atoms with Gasteiger partial charge in [-0.05, 0) is 24.3 Å². The summed E-state index contributed by atoms with van der Waals surface area (Å²) in [7, 11) is 0. The number of benzene rings is 1. The van der Waals surface area contributed by atoms with Gasteiger partial charge in [-0.2, -0.15) is 0 Å². The van der Waals surface area contributed by atoms with E-state index in [0.29, 0.717) is 12.1 Å². The maximum atomic E-state index is 11.9. The second kappa shape index (κ2) is 4.41. The lowest BCUT2D eigenvalue weighted by molar-refractivity contribution is 0.0934. The van der Waals surface area contributed by atoms with Crippen LogP contribution in [0.25, 0.3) is 10.9 Å². The van der Waals surface area contributed by atoms with Crippen molar-refractivity contribution in [3.05, 3.63) is 42.1 Å². The fraction of sp³-hybridized carbons (Fsp3) is 0.231. The molecule has 0 radical (unpaired) electrons. The molecule has 0 aliphatic rings. The number of carbonyl (C=O) groups excluding carboxylic acids is 1. The minimum atomic E-state index is -0.130. The Balaban J connectivity index is 2.43. The molecule has 0 saturated heterocycles. The highest BCUT2D eigenvalue weighted by atomic mass is 16.1. The average molecular weight is 214 g/mol. The summed E-state index contributed by atoms with van der Waals surface area (Å²) in [5.74, 6) is -0.0395. The Morgan fingerprint density at radius 1 is 1.44 bits per heavy atom. The molecule has 0 aliphatic carbocycles. The monoisotopic (exact) mass is 214 g/mol. The van der Waals surface area contributed by atoms with Crippen molar-refractivity contribution < 1.29 is 4.79 Å². The second-order valence-corrected chi connectivity index (χ2v) is 3.91. The Labute approximate surface area is 94.3 Å². The third kappa shape index (κ3) is 1.95. The van der Waals surface area contributed by atoms with Gasteiger partial charge in [0.1, 0.15) is 0 Å². The molecule has 2 aromatic rings. The van der Waals surface area contributed by atoms with Gasteiger partial charge in [-0.1, -0.05) is 13.0 Å². The van der Waals surface area contributed by atoms with Gasteiger partial charge < -0.3 is 5.73 Å². The molecule has 0 spiro atoms. The van der Waals surface area contributed by atoms with Crippen LogP contribution in [0.2, 0.25) is 0 Å². The standard InChI is InChI=1S/C13H14N2O/c1-9(8-14)13(16)11-4-5-12-10(7-11)3-2-6-15-12/h2-7,9H,8,14H2,1H3. The predicted octanol–water partition coefficient (Wildman–Crippen LogP) is 2.01. The van der Waals surface area contributed by atoms with Gasteiger partial charge in [0, 0.05) is 29.6 Å². The number of hydrogen-bond donors (Lipinski definition) is 1. The topological polar surface area (TPSA) is 56.0 Å². The quantitative estimate of drug-likeness (QED) is 0.795. The van der Waals surface area contributed by atoms with Gasteiger partial charge in [0.25, 0.3) is 0 Å². The van der Waals surface area contributed by atoms with E-state index in [1.807, 2.05) is 37.3 Å². The molecule has 1 aromatic carbocycles. The lowest BCUT2D eigenvalue weighted by Gasteiger charge is -2.07. The first-order valence-corrected chi connectivity index (χ1v) is 5.31. The first kappa shape index (κ1) is 10.8. The Hall–Kier alpha value is -1.74. The smallest absolute Gasteiger partial charge is 0.166 e. The van der Waals surface area contributed by atoms with Gasteiger partial charge in [-0.15, -0.1) is 0 Å². The van der Waals surface area contributed by atoms with Crippen LogP contribution in [0.5, 0.6) is 0 Å². The molecule has 0 aliphatic heterocycles. The highest BCUT2D eigenvalue weighted by Gasteiger charge is 2.13. The van der Waals surface area contributed by atoms with Crippen molar-refractivity contribution in [2.75, 3.05) is 6.54 Å². The Kier molecular flexibility index (Phi) is 2.97. The summed E-state index contributed by atoms with van der Waals surface area (Å²) < 4.78 is 0. The number of nitrogens with zero attached hydrogens (tertiary/aromatic N) is 1. The van der Waals surface area contributed by atoms with Crippen molar-refractivity contribution in [2.24, 2.45) is 11.7 Å². The van der Waals surface area contributed by atoms with Crippen LogP contribution in [-0.2, 0) is 0 Å². The van der Waals surface area contributed by atoms with Crippen LogP contribution in [0.4, 0.5) is 0 Å². The maximum Gasteiger partial charge on any atom is 0.166 e. The summed E-state index contributed by atoms with van der Waals surface area (Å²) in [6, 6.07) is 9.36. The summed E-state index contributed by atoms with van der Waals surface area (Å²) in [6.07, 6.45) is 1.74. The number of pyridine rings is 1. The third-order valence-corrected chi connectivity index (χ3v) is 2.69. The van der Waals surface area contributed by atoms with Crippen molar-refractivity contribution in [2.45, 2.75) is 6.92 Å². The van der Waals surface area contributed by atoms with Gasteiger partial charge in [-0.3, -0.25) is 9.78 Å². The van der Waals surface area contributed by atoms with Crippen LogP contribution >= 0.6 is 0 Å². The molecule has 1 atom stereocenters. The minimum Gasteiger partial charge on any atom is -0.330 e. The van der Waals surface area contributed by atoms with E-state index in [4.69, 9.17) is 5.73 Å². The van der Waals surface area contributed by atoms with Crippen molar-refractivity contribution in [3.8, 4) is 0 Å². The van der Waals surface area contributed by atoms with Crippen LogP contribution < -0.4 is 5.73 Å². The van der Waals surface area contributed by atoms with Crippen LogP contribution in [-0.4, -0.2) is 17.3 Å². The highest BCUT2D eigenvalue weighted by molar-refractivity contribution is 6.00. The molecule has 1 unspecified atom stereocenters. The van der Waals surface area contributed by atoms with E-state index in [1.165, 1.54) is 0 Å². The van der Waals surface area contributed by atoms with E-state index in [0.717, 1.165) is 10.9 Å². The van der Waals surface area contributed by atoms with Crippen molar-refractivity contribution in [1.29, 1.82) is 0 Å². The summed E-state index contributed by atoms with van der Waals surface area (Å²) >= 11 is 0. The molecular formula is C13H14N2O. The minimum absolute atomic E-state index is 0.0910. The number of rotatable bonds is 3. The number of nitrogens with two attached hydrogens (primary N) is 1. The van der Waals surface area contributed by atoms with E-state index in [2.05, 4.69) is 4.98 Å². The zero-order chi connectivity index (χ0) is 11.5. The third-order valence-electron chi connectivity index (χ3n) is 2.69. The number of carbonyl (C=O) groups is 1. The summed E-state index contributed by atoms with van der Waals surface area (Å²) in [5.41, 5.74) is 7.10. The predicted molar refractivity (Wildman–Crippen MR) is 64.3 cm³/mol. The molecule has 0 amide bonds. The Morgan fingerprint density at radius 2 is 2.25 bits per heavy atom. The molecule has 0 fully saturated rings. The first-order chi connectivity index (χ1) is 7.72. The van der Waals surface area contributed by atoms with Crippen molar-refractivity contribution in [3.63, 3.8) is 0 Å². The highest BCUT2D eigenvalue weighted by Crippen LogP contribution is 2.15. The van der Waals surface area contributed by atoms with Gasteiger partial charge in [0.05, 0.1) is 5.52 Å². The van der Waals surface area contributed by atoms with Gasteiger partial charge in [-0.25, -0.2) is 0 Å². The van der Waals surface area contributed by atoms with Gasteiger partial charge >= 0.3 is 0 Å². The second-order valence-electron chi connectivity index (χ2n) is 3.91. The molecule has 82 valence electrons. The van der Waals surface area contributed by atoms with E-state index >= 15 is 0 Å². The van der Waals surface area contributed by atoms with Gasteiger partial charge in [0.15, 0.2) is 5.78 Å². The fourth-order valence-electron chi connectivity index (χ4n) is 1.62. The molecule has 0 bridgehead atoms. The number of ketones is 1. The lowest BCUT2D eigenvalue weighted by atomic mass is 9.98. The Morgan fingerprint density at radius 3 is 3.00 bits per heavy atom. The summed E-state index contributed by atoms with van der Waals surface area (Å²) in [5, 5.41) is 0.984. The van der Waals surface area contributed by atoms with Crippen molar-refractivity contribution in [1.82, 2.24) is 4.98 Å². The van der Waals surface area contributed by atoms with Crippen LogP contribution in [0, 0.1) is 5.92 Å². The van der Waals surface area contributed by atoms with E-state index < -0.39 is 0 Å². The van der Waals surface area contributed by atoms with E-state index in [-0.39, 0.29) is 11.7 Å². The van der Waals surface area contributed by atoms with Crippen molar-refractivity contribution >= 4 is 16.7 Å². The maximum absolute atomic E-state index is 11.9. The summed E-state index contributed by atoms with van der Waals surface area (Å²) in [4.78, 5) is 16.1. The molecule has 3 nitrogen and oxygen atoms in total. The molecule has 2 N–H and O–H groups in total. The molecule has 1 aromatic heterocycles. The van der Waals surface area contributed by atoms with E-state index in [9.17, 15) is 4.79 Å². The SMILES string of the molecule is CC(CN)C(=O)c1ccc2ncccc2c1. The Bertz CT molecular complexity index is 522. The molecular weight excluding hydrogens is 200 g/mol. The molecule has 16 heavy (non-hydrogen) atoms. The fourth-order valence-corrected chi connectivity index (χ4v) is 1.62. The number of aromatic nitrogens is 1. The number of hydrogen-bond acceptors (Lipinski definition) is 3. The first-order valence-electron chi connectivity index (χ1n) is 5.31. The molecule has 2 rings (SSSR count). The molecule has 3 heteroatoms. The van der Waals surface area contributed by atoms with E-state index in [1.54, 1.807) is 6.20 Å². The molecule has 1 heterocycles. The average Bonchev–Trinajstić information content (AvgIpc) is 2.36. The van der Waals surface area contributed by atoms with Crippen LogP contribution in [0.1, 0.15) is 17.3 Å². The van der Waals surface area contributed by atoms with Crippen LogP contribution in [0.3, 0.4) is 0 Å². The zero-order valence-corrected chi connectivity index (χ0v) is 9.18.